The van der Waals surface area contributed by atoms with E-state index in [1.54, 1.807) is 11.5 Å². The van der Waals surface area contributed by atoms with E-state index in [4.69, 9.17) is 11.5 Å². The second-order valence-corrected chi connectivity index (χ2v) is 7.99. The van der Waals surface area contributed by atoms with E-state index < -0.39 is 0 Å². The van der Waals surface area contributed by atoms with E-state index in [0.717, 1.165) is 44.0 Å². The summed E-state index contributed by atoms with van der Waals surface area (Å²) in [5.74, 6) is 1.91. The summed E-state index contributed by atoms with van der Waals surface area (Å²) >= 11 is 0. The van der Waals surface area contributed by atoms with Gasteiger partial charge in [0.25, 0.3) is 0 Å². The number of rotatable bonds is 4. The highest BCUT2D eigenvalue weighted by molar-refractivity contribution is 5.94. The van der Waals surface area contributed by atoms with Gasteiger partial charge in [-0.15, -0.1) is 4.99 Å². The molecule has 0 saturated carbocycles. The molecular weight excluding hydrogens is 386 g/mol. The molecule has 7 nitrogen and oxygen atoms in total. The quantitative estimate of drug-likeness (QED) is 0.525. The zero-order valence-electron chi connectivity index (χ0n) is 17.7. The normalized spacial score (nSPS) is 20.1. The lowest BCUT2D eigenvalue weighted by Crippen LogP contribution is -2.94. The van der Waals surface area contributed by atoms with E-state index in [9.17, 15) is 0 Å². The molecule has 31 heavy (non-hydrogen) atoms. The number of nitrogens with two attached hydrogens (primary N) is 3. The molecule has 4 rings (SSSR count). The molecular formula is C24H30N7+. The number of likely N-dealkylation sites (tertiary alicyclic amines) is 1. The molecule has 2 aromatic carbocycles. The van der Waals surface area contributed by atoms with Crippen LogP contribution in [0.5, 0.6) is 0 Å². The van der Waals surface area contributed by atoms with E-state index in [1.165, 1.54) is 17.5 Å². The van der Waals surface area contributed by atoms with Crippen LogP contribution < -0.4 is 16.8 Å². The van der Waals surface area contributed by atoms with Gasteiger partial charge in [-0.1, -0.05) is 48.5 Å². The van der Waals surface area contributed by atoms with Crippen molar-refractivity contribution in [1.82, 2.24) is 4.90 Å². The van der Waals surface area contributed by atoms with Crippen molar-refractivity contribution in [2.24, 2.45) is 26.4 Å². The smallest absolute Gasteiger partial charge is 0.305 e. The molecule has 1 fully saturated rings. The minimum Gasteiger partial charge on any atom is -0.368 e. The maximum atomic E-state index is 5.97. The Labute approximate surface area is 183 Å². The summed E-state index contributed by atoms with van der Waals surface area (Å²) in [6, 6.07) is 18.9. The summed E-state index contributed by atoms with van der Waals surface area (Å²) in [6.45, 7) is 3.21. The molecule has 0 amide bonds. The summed E-state index contributed by atoms with van der Waals surface area (Å²) in [5.41, 5.74) is 15.4. The number of hydrogen-bond acceptors (Lipinski definition) is 3. The average Bonchev–Trinajstić information content (AvgIpc) is 3.24. The maximum absolute atomic E-state index is 5.97. The van der Waals surface area contributed by atoms with Crippen molar-refractivity contribution >= 4 is 23.4 Å². The van der Waals surface area contributed by atoms with Gasteiger partial charge in [-0.05, 0) is 48.6 Å². The van der Waals surface area contributed by atoms with Crippen LogP contribution in [0.3, 0.4) is 0 Å². The van der Waals surface area contributed by atoms with Gasteiger partial charge < -0.3 is 11.5 Å². The largest absolute Gasteiger partial charge is 0.368 e. The van der Waals surface area contributed by atoms with Crippen LogP contribution in [0.15, 0.2) is 81.9 Å². The van der Waals surface area contributed by atoms with Crippen molar-refractivity contribution in [1.29, 1.82) is 0 Å². The Morgan fingerprint density at radius 2 is 1.90 bits per heavy atom. The summed E-state index contributed by atoms with van der Waals surface area (Å²) in [5, 5.41) is 1.75. The minimum absolute atomic E-state index is 0.142. The SMILES string of the molecule is NC(=Nc1ccc(C2CCN(Cc3ccccc3)C2)cc1)N=C(N)[NH2+]C1=NC=CCC1. The molecule has 160 valence electrons. The van der Waals surface area contributed by atoms with Crippen LogP contribution >= 0.6 is 0 Å². The third-order valence-electron chi connectivity index (χ3n) is 5.60. The van der Waals surface area contributed by atoms with Crippen molar-refractivity contribution < 1.29 is 5.32 Å². The van der Waals surface area contributed by atoms with Gasteiger partial charge in [0.05, 0.1) is 5.69 Å². The molecule has 1 unspecified atom stereocenters. The highest BCUT2D eigenvalue weighted by Gasteiger charge is 2.23. The van der Waals surface area contributed by atoms with Gasteiger partial charge in [0.2, 0.25) is 11.8 Å². The van der Waals surface area contributed by atoms with Gasteiger partial charge in [-0.2, -0.15) is 0 Å². The van der Waals surface area contributed by atoms with Gasteiger partial charge in [0.1, 0.15) is 0 Å². The van der Waals surface area contributed by atoms with Gasteiger partial charge in [-0.3, -0.25) is 4.90 Å². The molecule has 2 aliphatic heterocycles. The Morgan fingerprint density at radius 3 is 2.65 bits per heavy atom. The van der Waals surface area contributed by atoms with Crippen LogP contribution in [0.25, 0.3) is 0 Å². The highest BCUT2D eigenvalue weighted by Crippen LogP contribution is 2.29. The first-order valence-corrected chi connectivity index (χ1v) is 10.8. The summed E-state index contributed by atoms with van der Waals surface area (Å²) in [7, 11) is 0. The topological polar surface area (TPSA) is 109 Å². The van der Waals surface area contributed by atoms with Gasteiger partial charge in [-0.25, -0.2) is 15.3 Å². The van der Waals surface area contributed by atoms with Crippen LogP contribution in [0.1, 0.15) is 36.3 Å². The number of aliphatic imine (C=N–C) groups is 3. The lowest BCUT2D eigenvalue weighted by atomic mass is 9.98. The van der Waals surface area contributed by atoms with E-state index in [0.29, 0.717) is 11.9 Å². The number of quaternary nitrogens is 1. The molecule has 0 radical (unpaired) electrons. The zero-order chi connectivity index (χ0) is 21.5. The molecule has 7 heteroatoms. The first-order chi connectivity index (χ1) is 15.2. The van der Waals surface area contributed by atoms with E-state index in [2.05, 4.69) is 62.3 Å². The lowest BCUT2D eigenvalue weighted by molar-refractivity contribution is -0.413. The van der Waals surface area contributed by atoms with Gasteiger partial charge >= 0.3 is 5.96 Å². The van der Waals surface area contributed by atoms with Crippen molar-refractivity contribution in [3.8, 4) is 0 Å². The van der Waals surface area contributed by atoms with Crippen molar-refractivity contribution in [2.45, 2.75) is 31.7 Å². The molecule has 2 heterocycles. The van der Waals surface area contributed by atoms with E-state index >= 15 is 0 Å². The molecule has 2 aromatic rings. The van der Waals surface area contributed by atoms with Crippen LogP contribution in [-0.4, -0.2) is 35.7 Å². The molecule has 1 saturated heterocycles. The Kier molecular flexibility index (Phi) is 6.86. The zero-order valence-corrected chi connectivity index (χ0v) is 17.7. The summed E-state index contributed by atoms with van der Waals surface area (Å²) in [6.07, 6.45) is 6.80. The Balaban J connectivity index is 1.33. The number of amidine groups is 1. The van der Waals surface area contributed by atoms with Crippen LogP contribution in [0.2, 0.25) is 0 Å². The Hall–Kier alpha value is -3.29. The number of guanidine groups is 2. The summed E-state index contributed by atoms with van der Waals surface area (Å²) in [4.78, 5) is 15.3. The molecule has 2 aliphatic rings. The van der Waals surface area contributed by atoms with Crippen LogP contribution in [0.4, 0.5) is 5.69 Å². The third-order valence-corrected chi connectivity index (χ3v) is 5.60. The van der Waals surface area contributed by atoms with Crippen molar-refractivity contribution in [3.05, 3.63) is 78.0 Å². The predicted molar refractivity (Wildman–Crippen MR) is 126 cm³/mol. The molecule has 6 N–H and O–H groups in total. The highest BCUT2D eigenvalue weighted by atomic mass is 15.2. The predicted octanol–water partition coefficient (Wildman–Crippen LogP) is 2.21. The Bertz CT molecular complexity index is 990. The molecule has 0 bridgehead atoms. The molecule has 0 aromatic heterocycles. The van der Waals surface area contributed by atoms with E-state index in [-0.39, 0.29) is 5.96 Å². The van der Waals surface area contributed by atoms with Crippen molar-refractivity contribution in [3.63, 3.8) is 0 Å². The van der Waals surface area contributed by atoms with E-state index in [1.807, 2.05) is 18.2 Å². The minimum atomic E-state index is 0.142. The lowest BCUT2D eigenvalue weighted by Gasteiger charge is -2.16. The standard InChI is InChI=1S/C24H29N7/c25-23(30-24(26)29-22-8-4-5-14-27-22)28-21-11-9-19(10-12-21)20-13-15-31(17-20)16-18-6-2-1-3-7-18/h1-3,5-7,9-12,14,20H,4,8,13,15-17H2,(H5,25,26,27,28,29,30)/p+1. The van der Waals surface area contributed by atoms with Crippen LogP contribution in [0, 0.1) is 0 Å². The first-order valence-electron chi connectivity index (χ1n) is 10.8. The van der Waals surface area contributed by atoms with Crippen LogP contribution in [-0.2, 0) is 6.54 Å². The number of allylic oxidation sites excluding steroid dienone is 1. The van der Waals surface area contributed by atoms with Gasteiger partial charge in [0, 0.05) is 25.7 Å². The molecule has 0 aliphatic carbocycles. The second-order valence-electron chi connectivity index (χ2n) is 7.99. The number of benzene rings is 2. The molecule has 1 atom stereocenters. The fourth-order valence-corrected chi connectivity index (χ4v) is 4.03. The second kappa shape index (κ2) is 10.1. The fraction of sp³-hybridized carbons (Fsp3) is 0.292. The van der Waals surface area contributed by atoms with Crippen molar-refractivity contribution in [2.75, 3.05) is 13.1 Å². The monoisotopic (exact) mass is 416 g/mol. The Morgan fingerprint density at radius 1 is 1.10 bits per heavy atom. The number of nitrogens with zero attached hydrogens (tertiary/aromatic N) is 4. The molecule has 0 spiro atoms. The maximum Gasteiger partial charge on any atom is 0.305 e. The fourth-order valence-electron chi connectivity index (χ4n) is 4.03. The summed E-state index contributed by atoms with van der Waals surface area (Å²) < 4.78 is 0. The third kappa shape index (κ3) is 6.10. The van der Waals surface area contributed by atoms with Gasteiger partial charge in [0.15, 0.2) is 0 Å². The number of hydrogen-bond donors (Lipinski definition) is 3. The first kappa shape index (κ1) is 21.0. The average molecular weight is 417 g/mol.